The van der Waals surface area contributed by atoms with Crippen molar-refractivity contribution in [2.45, 2.75) is 4.90 Å². The van der Waals surface area contributed by atoms with Gasteiger partial charge >= 0.3 is 0 Å². The number of hydrogen-bond acceptors (Lipinski definition) is 6. The first-order valence-electron chi connectivity index (χ1n) is 8.23. The SMILES string of the molecule is N#CC(=CNc1ccc(S(=O)(=O)N=C(N)N)cc1)c1nc(-c2ccccc2)cs1. The average Bonchev–Trinajstić information content (AvgIpc) is 3.19. The lowest BCUT2D eigenvalue weighted by Crippen LogP contribution is -2.24. The second-order valence-electron chi connectivity index (χ2n) is 5.73. The van der Waals surface area contributed by atoms with Gasteiger partial charge in [0.2, 0.25) is 5.96 Å². The van der Waals surface area contributed by atoms with Crippen LogP contribution >= 0.6 is 11.3 Å². The van der Waals surface area contributed by atoms with Crippen LogP contribution in [0.15, 0.2) is 75.5 Å². The molecule has 0 aliphatic rings. The Morgan fingerprint density at radius 3 is 2.45 bits per heavy atom. The third-order valence-corrected chi connectivity index (χ3v) is 5.88. The summed E-state index contributed by atoms with van der Waals surface area (Å²) in [6.07, 6.45) is 1.52. The summed E-state index contributed by atoms with van der Waals surface area (Å²) >= 11 is 1.36. The van der Waals surface area contributed by atoms with Gasteiger partial charge in [-0.2, -0.15) is 13.7 Å². The molecule has 0 amide bonds. The smallest absolute Gasteiger partial charge is 0.285 e. The maximum absolute atomic E-state index is 11.9. The van der Waals surface area contributed by atoms with Gasteiger partial charge in [0.15, 0.2) is 0 Å². The summed E-state index contributed by atoms with van der Waals surface area (Å²) in [7, 11) is -3.94. The summed E-state index contributed by atoms with van der Waals surface area (Å²) in [5, 5.41) is 14.9. The van der Waals surface area contributed by atoms with Crippen LogP contribution in [0, 0.1) is 11.3 Å². The van der Waals surface area contributed by atoms with E-state index in [9.17, 15) is 13.7 Å². The van der Waals surface area contributed by atoms with Crippen molar-refractivity contribution in [1.29, 1.82) is 5.26 Å². The number of allylic oxidation sites excluding steroid dienone is 1. The normalized spacial score (nSPS) is 11.5. The summed E-state index contributed by atoms with van der Waals surface area (Å²) in [6.45, 7) is 0. The predicted molar refractivity (Wildman–Crippen MR) is 114 cm³/mol. The minimum absolute atomic E-state index is 0.0478. The zero-order valence-corrected chi connectivity index (χ0v) is 16.6. The number of sulfonamides is 1. The van der Waals surface area contributed by atoms with E-state index in [1.165, 1.54) is 41.8 Å². The van der Waals surface area contributed by atoms with Crippen molar-refractivity contribution < 1.29 is 8.42 Å². The number of nitrogens with one attached hydrogen (secondary N) is 1. The summed E-state index contributed by atoms with van der Waals surface area (Å²) in [5.41, 5.74) is 13.0. The number of nitrogens with zero attached hydrogens (tertiary/aromatic N) is 3. The van der Waals surface area contributed by atoms with E-state index in [0.29, 0.717) is 16.3 Å². The number of nitriles is 1. The molecule has 0 aliphatic heterocycles. The van der Waals surface area contributed by atoms with Gasteiger partial charge in [-0.3, -0.25) is 0 Å². The molecule has 146 valence electrons. The van der Waals surface area contributed by atoms with E-state index in [0.717, 1.165) is 11.3 Å². The number of guanidine groups is 1. The van der Waals surface area contributed by atoms with E-state index >= 15 is 0 Å². The fourth-order valence-corrected chi connectivity index (χ4v) is 4.01. The molecule has 0 bridgehead atoms. The molecular weight excluding hydrogens is 408 g/mol. The van der Waals surface area contributed by atoms with Gasteiger partial charge in [-0.05, 0) is 24.3 Å². The van der Waals surface area contributed by atoms with Crippen LogP contribution in [-0.4, -0.2) is 19.4 Å². The zero-order valence-electron chi connectivity index (χ0n) is 15.0. The van der Waals surface area contributed by atoms with Crippen molar-refractivity contribution in [2.75, 3.05) is 5.32 Å². The highest BCUT2D eigenvalue weighted by atomic mass is 32.2. The Morgan fingerprint density at radius 1 is 1.14 bits per heavy atom. The molecule has 0 saturated carbocycles. The van der Waals surface area contributed by atoms with Gasteiger partial charge in [0.05, 0.1) is 10.6 Å². The fourth-order valence-electron chi connectivity index (χ4n) is 2.35. The highest BCUT2D eigenvalue weighted by Gasteiger charge is 2.13. The molecule has 2 aromatic carbocycles. The van der Waals surface area contributed by atoms with E-state index < -0.39 is 16.0 Å². The third kappa shape index (κ3) is 4.98. The molecule has 0 atom stereocenters. The van der Waals surface area contributed by atoms with Crippen LogP contribution in [0.25, 0.3) is 16.8 Å². The second-order valence-corrected chi connectivity index (χ2v) is 8.20. The molecule has 0 unspecified atom stereocenters. The molecule has 29 heavy (non-hydrogen) atoms. The van der Waals surface area contributed by atoms with Crippen LogP contribution < -0.4 is 16.8 Å². The third-order valence-electron chi connectivity index (χ3n) is 3.69. The number of hydrogen-bond donors (Lipinski definition) is 3. The lowest BCUT2D eigenvalue weighted by molar-refractivity contribution is 0.598. The molecule has 3 aromatic rings. The highest BCUT2D eigenvalue weighted by molar-refractivity contribution is 7.90. The molecule has 1 heterocycles. The summed E-state index contributed by atoms with van der Waals surface area (Å²) < 4.78 is 27.1. The van der Waals surface area contributed by atoms with Gasteiger partial charge in [-0.15, -0.1) is 15.7 Å². The maximum Gasteiger partial charge on any atom is 0.285 e. The topological polar surface area (TPSA) is 147 Å². The van der Waals surface area contributed by atoms with Gasteiger partial charge in [0.25, 0.3) is 10.0 Å². The van der Waals surface area contributed by atoms with Crippen molar-refractivity contribution >= 4 is 38.6 Å². The Hall–Kier alpha value is -3.68. The van der Waals surface area contributed by atoms with Crippen LogP contribution in [0.5, 0.6) is 0 Å². The summed E-state index contributed by atoms with van der Waals surface area (Å²) in [4.78, 5) is 4.46. The Morgan fingerprint density at radius 2 is 1.83 bits per heavy atom. The molecule has 8 nitrogen and oxygen atoms in total. The molecule has 5 N–H and O–H groups in total. The van der Waals surface area contributed by atoms with Crippen LogP contribution in [0.3, 0.4) is 0 Å². The average molecular weight is 425 g/mol. The van der Waals surface area contributed by atoms with Gasteiger partial charge in [0.1, 0.15) is 16.6 Å². The second kappa shape index (κ2) is 8.55. The predicted octanol–water partition coefficient (Wildman–Crippen LogP) is 2.75. The number of anilines is 1. The van der Waals surface area contributed by atoms with Crippen molar-refractivity contribution in [2.24, 2.45) is 15.9 Å². The molecule has 0 spiro atoms. The molecule has 3 rings (SSSR count). The molecule has 0 fully saturated rings. The fraction of sp³-hybridized carbons (Fsp3) is 0. The van der Waals surface area contributed by atoms with Crippen LogP contribution in [0.2, 0.25) is 0 Å². The van der Waals surface area contributed by atoms with Crippen molar-refractivity contribution in [3.8, 4) is 17.3 Å². The van der Waals surface area contributed by atoms with Crippen LogP contribution in [0.1, 0.15) is 5.01 Å². The summed E-state index contributed by atoms with van der Waals surface area (Å²) in [5.74, 6) is -0.535. The molecule has 0 saturated heterocycles. The van der Waals surface area contributed by atoms with E-state index in [1.807, 2.05) is 35.7 Å². The van der Waals surface area contributed by atoms with Crippen molar-refractivity contribution in [1.82, 2.24) is 4.98 Å². The zero-order chi connectivity index (χ0) is 20.9. The van der Waals surface area contributed by atoms with Gasteiger partial charge in [-0.25, -0.2) is 4.98 Å². The van der Waals surface area contributed by atoms with Crippen LogP contribution in [0.4, 0.5) is 5.69 Å². The van der Waals surface area contributed by atoms with E-state index in [4.69, 9.17) is 11.5 Å². The minimum atomic E-state index is -3.94. The number of thiazole rings is 1. The van der Waals surface area contributed by atoms with Gasteiger partial charge in [-0.1, -0.05) is 30.3 Å². The first-order chi connectivity index (χ1) is 13.9. The lowest BCUT2D eigenvalue weighted by atomic mass is 10.2. The Balaban J connectivity index is 1.77. The number of rotatable bonds is 6. The Kier molecular flexibility index (Phi) is 5.92. The maximum atomic E-state index is 11.9. The highest BCUT2D eigenvalue weighted by Crippen LogP contribution is 2.26. The lowest BCUT2D eigenvalue weighted by Gasteiger charge is -2.03. The number of nitrogens with two attached hydrogens (primary N) is 2. The van der Waals surface area contributed by atoms with Gasteiger partial charge in [0, 0.05) is 22.8 Å². The monoisotopic (exact) mass is 424 g/mol. The number of benzene rings is 2. The first kappa shape index (κ1) is 20.1. The van der Waals surface area contributed by atoms with E-state index in [-0.39, 0.29) is 4.90 Å². The molecule has 10 heteroatoms. The van der Waals surface area contributed by atoms with Crippen molar-refractivity contribution in [3.63, 3.8) is 0 Å². The van der Waals surface area contributed by atoms with E-state index in [2.05, 4.69) is 20.8 Å². The van der Waals surface area contributed by atoms with E-state index in [1.54, 1.807) is 0 Å². The molecule has 1 aromatic heterocycles. The Bertz CT molecular complexity index is 1200. The molecular formula is C19H16N6O2S2. The summed E-state index contributed by atoms with van der Waals surface area (Å²) in [6, 6.07) is 17.6. The van der Waals surface area contributed by atoms with Gasteiger partial charge < -0.3 is 16.8 Å². The minimum Gasteiger partial charge on any atom is -0.369 e. The van der Waals surface area contributed by atoms with Crippen LogP contribution in [-0.2, 0) is 10.0 Å². The largest absolute Gasteiger partial charge is 0.369 e. The van der Waals surface area contributed by atoms with Crippen molar-refractivity contribution in [3.05, 3.63) is 71.2 Å². The number of aromatic nitrogens is 1. The standard InChI is InChI=1S/C19H16N6O2S2/c20-10-14(18-24-17(12-28-18)13-4-2-1-3-5-13)11-23-15-6-8-16(9-7-15)29(26,27)25-19(21)22/h1-9,11-12,23H,(H4,21,22,25). The Labute approximate surface area is 171 Å². The molecule has 0 aliphatic carbocycles. The molecule has 0 radical (unpaired) electrons. The first-order valence-corrected chi connectivity index (χ1v) is 10.5. The quantitative estimate of drug-likeness (QED) is 0.313.